The number of anilines is 3. The van der Waals surface area contributed by atoms with Crippen LogP contribution in [-0.4, -0.2) is 146 Å². The van der Waals surface area contributed by atoms with Crippen LogP contribution < -0.4 is 34.4 Å². The quantitative estimate of drug-likeness (QED) is 0.0140. The molecule has 2 aliphatic carbocycles. The monoisotopic (exact) mass is 1490 g/mol. The average molecular weight is 1500 g/mol. The molecule has 97 heavy (non-hydrogen) atoms. The van der Waals surface area contributed by atoms with E-state index < -0.39 is 87.2 Å². The third kappa shape index (κ3) is 24.1. The first-order chi connectivity index (χ1) is 45.3. The van der Waals surface area contributed by atoms with Crippen LogP contribution in [0.4, 0.5) is 34.6 Å². The Labute approximate surface area is 583 Å². The summed E-state index contributed by atoms with van der Waals surface area (Å²) in [6, 6.07) is 17.6. The van der Waals surface area contributed by atoms with Crippen molar-refractivity contribution in [3.8, 4) is 23.8 Å². The summed E-state index contributed by atoms with van der Waals surface area (Å²) in [6.07, 6.45) is 13.1. The molecule has 3 N–H and O–H groups in total. The molecule has 32 heteroatoms. The van der Waals surface area contributed by atoms with Gasteiger partial charge in [-0.2, -0.15) is 13.2 Å². The summed E-state index contributed by atoms with van der Waals surface area (Å²) in [4.78, 5) is 92.1. The number of carbonyl (C=O) groups excluding carboxylic acids is 5. The fourth-order valence-electron chi connectivity index (χ4n) is 9.73. The number of nitrogens with zero attached hydrogens (tertiary/aromatic N) is 4. The van der Waals surface area contributed by atoms with Crippen molar-refractivity contribution in [2.24, 2.45) is 0 Å². The molecule has 4 aliphatic rings. The molecule has 5 aromatic rings. The van der Waals surface area contributed by atoms with Crippen LogP contribution in [0, 0.1) is 25.1 Å². The van der Waals surface area contributed by atoms with Crippen molar-refractivity contribution in [3.05, 3.63) is 135 Å². The zero-order valence-corrected chi connectivity index (χ0v) is 60.2. The van der Waals surface area contributed by atoms with Gasteiger partial charge in [0.2, 0.25) is 5.91 Å². The van der Waals surface area contributed by atoms with E-state index in [2.05, 4.69) is 42.8 Å². The lowest BCUT2D eigenvalue weighted by Crippen LogP contribution is -2.47. The van der Waals surface area contributed by atoms with E-state index in [9.17, 15) is 64.2 Å². The number of amides is 4. The van der Waals surface area contributed by atoms with E-state index in [1.165, 1.54) is 12.3 Å². The summed E-state index contributed by atoms with van der Waals surface area (Å²) in [6.45, 7) is 10.1. The number of para-hydroxylation sites is 3. The maximum atomic E-state index is 14.4. The fourth-order valence-corrected chi connectivity index (χ4v) is 11.6. The molecule has 9 rings (SSSR count). The Bertz CT molecular complexity index is 3830. The van der Waals surface area contributed by atoms with Crippen LogP contribution in [0.1, 0.15) is 111 Å². The highest BCUT2D eigenvalue weighted by Gasteiger charge is 2.42. The molecule has 1 fully saturated rings. The molecular formula is C65H76Cl4F4N5O16PS2. The zero-order chi connectivity index (χ0) is 73.0. The minimum atomic E-state index is -4.71. The number of rotatable bonds is 18. The third-order valence-electron chi connectivity index (χ3n) is 14.1. The number of fused-ring (bicyclic) bond motifs is 1. The number of methoxy groups -OCH3 is 1. The molecule has 0 spiro atoms. The highest BCUT2D eigenvalue weighted by molar-refractivity contribution is 7.94. The number of terminal acetylenes is 1. The summed E-state index contributed by atoms with van der Waals surface area (Å²) in [5.41, 5.74) is 3.37. The molecule has 0 bridgehead atoms. The Balaban J connectivity index is 0.000000260. The van der Waals surface area contributed by atoms with E-state index in [1.807, 2.05) is 62.5 Å². The summed E-state index contributed by atoms with van der Waals surface area (Å²) in [5.74, 6) is -0.430. The molecule has 4 atom stereocenters. The molecule has 3 heterocycles. The number of carboxylic acid groups (broad SMARTS) is 1. The van der Waals surface area contributed by atoms with Crippen molar-refractivity contribution >= 4 is 127 Å². The second-order valence-corrected chi connectivity index (χ2v) is 30.4. The van der Waals surface area contributed by atoms with Gasteiger partial charge in [-0.1, -0.05) is 83.1 Å². The Morgan fingerprint density at radius 1 is 0.979 bits per heavy atom. The second-order valence-electron chi connectivity index (χ2n) is 22.6. The number of carboxylic acids is 1. The third-order valence-corrected chi connectivity index (χ3v) is 16.8. The number of ketones is 1. The summed E-state index contributed by atoms with van der Waals surface area (Å²) in [7, 11) is -6.11. The van der Waals surface area contributed by atoms with Gasteiger partial charge in [-0.3, -0.25) is 34.1 Å². The lowest BCUT2D eigenvalue weighted by atomic mass is 9.93. The maximum Gasteiger partial charge on any atom is 0.416 e. The minimum Gasteiger partial charge on any atom is -0.778 e. The smallest absolute Gasteiger partial charge is 0.416 e. The molecular weight excluding hydrogens is 1420 g/mol. The van der Waals surface area contributed by atoms with Gasteiger partial charge in [0.15, 0.2) is 32.3 Å². The van der Waals surface area contributed by atoms with E-state index in [-0.39, 0.29) is 63.3 Å². The number of aryl methyl sites for hydroxylation is 2. The van der Waals surface area contributed by atoms with Crippen molar-refractivity contribution < 1.29 is 92.9 Å². The molecule has 4 aromatic carbocycles. The van der Waals surface area contributed by atoms with Crippen molar-refractivity contribution in [1.29, 1.82) is 0 Å². The standard InChI is InChI=1S/C18H15ClFNO3.C15H22ClNO2.C15H12F3NO4S.C11H11Cl2NO2.C3H8NO5P.C3H9S/c1-3-10(2)24-16-9-15(14(20)8-13(16)19)21-17(22)11-6-4-5-7-12(11)18(21)23;1-5-13-8-6-7-11(2)15(13)17(14(18)9-16)12(3)10-19-4;1-24(21,22)12-6-9(15(16,17)18)4-5-10(12)13(20)11-7-19-23-14(11)8-2-3-8;1-7-6-16-9-5-3-2-4-8(9)14(7)11(15)10(12)13;5-3(6)1-4-2-10(7,8)9;1-4(2)3/h1,8-10H,4-7H2,2H3;6-8,12H,5,9-10H2,1-4H3;4-8H,2-3H2,1H3;2-5,7,10H,6H2,1H3;4H,1-2H2,(H,5,6)(H2,7,8,9);1-3H3/q;;;;;+1/p-1. The molecule has 530 valence electrons. The number of sulfone groups is 1. The van der Waals surface area contributed by atoms with Gasteiger partial charge in [0, 0.05) is 42.1 Å². The van der Waals surface area contributed by atoms with Crippen molar-refractivity contribution in [2.45, 2.75) is 120 Å². The topological polar surface area (TPSA) is 293 Å². The van der Waals surface area contributed by atoms with Gasteiger partial charge >= 0.3 is 12.1 Å². The first-order valence-electron chi connectivity index (χ1n) is 29.7. The number of carbonyl (C=O) groups is 6. The first-order valence-corrected chi connectivity index (χ1v) is 37.6. The van der Waals surface area contributed by atoms with Crippen LogP contribution in [0.25, 0.3) is 0 Å². The number of aliphatic carboxylic acids is 1. The number of ether oxygens (including phenoxy) is 3. The van der Waals surface area contributed by atoms with Crippen LogP contribution in [0.5, 0.6) is 11.5 Å². The highest BCUT2D eigenvalue weighted by atomic mass is 35.5. The maximum absolute atomic E-state index is 14.4. The largest absolute Gasteiger partial charge is 0.778 e. The molecule has 0 saturated heterocycles. The van der Waals surface area contributed by atoms with Crippen LogP contribution in [0.3, 0.4) is 0 Å². The van der Waals surface area contributed by atoms with Crippen LogP contribution in [-0.2, 0) is 66.6 Å². The van der Waals surface area contributed by atoms with Crippen LogP contribution >= 0.6 is 54.0 Å². The number of hydrogen-bond donors (Lipinski definition) is 3. The van der Waals surface area contributed by atoms with Gasteiger partial charge in [-0.05, 0) is 131 Å². The summed E-state index contributed by atoms with van der Waals surface area (Å²) >= 11 is 23.0. The van der Waals surface area contributed by atoms with Gasteiger partial charge in [0.1, 0.15) is 37.4 Å². The van der Waals surface area contributed by atoms with Gasteiger partial charge in [0.05, 0.1) is 94.6 Å². The summed E-state index contributed by atoms with van der Waals surface area (Å²) in [5, 5.41) is 13.6. The molecule has 4 amide bonds. The number of halogens is 8. The minimum absolute atomic E-state index is 0.0223. The van der Waals surface area contributed by atoms with E-state index in [1.54, 1.807) is 23.8 Å². The van der Waals surface area contributed by atoms with Gasteiger partial charge in [-0.25, -0.2) is 17.7 Å². The number of hydrogen-bond acceptors (Lipinski definition) is 16. The van der Waals surface area contributed by atoms with Gasteiger partial charge in [-0.15, -0.1) is 18.0 Å². The highest BCUT2D eigenvalue weighted by Crippen LogP contribution is 2.44. The number of imide groups is 1. The van der Waals surface area contributed by atoms with Crippen LogP contribution in [0.15, 0.2) is 99.6 Å². The average Bonchev–Trinajstić information content (AvgIpc) is 1.68. The van der Waals surface area contributed by atoms with E-state index >= 15 is 0 Å². The van der Waals surface area contributed by atoms with E-state index in [0.717, 1.165) is 77.9 Å². The fraction of sp³-hybridized carbons (Fsp3) is 0.431. The Morgan fingerprint density at radius 2 is 1.59 bits per heavy atom. The number of aromatic nitrogens is 1. The lowest BCUT2D eigenvalue weighted by molar-refractivity contribution is -0.193. The number of nitrogens with one attached hydrogen (secondary N) is 1. The molecule has 4 unspecified atom stereocenters. The lowest BCUT2D eigenvalue weighted by Gasteiger charge is -2.35. The molecule has 1 saturated carbocycles. The van der Waals surface area contributed by atoms with Crippen molar-refractivity contribution in [3.63, 3.8) is 0 Å². The normalized spacial score (nSPS) is 16.0. The van der Waals surface area contributed by atoms with Crippen molar-refractivity contribution in [1.82, 2.24) is 10.5 Å². The Hall–Kier alpha value is -6.54. The predicted octanol–water partition coefficient (Wildman–Crippen LogP) is 11.3. The zero-order valence-electron chi connectivity index (χ0n) is 54.6. The molecule has 1 aromatic heterocycles. The number of benzene rings is 4. The van der Waals surface area contributed by atoms with E-state index in [4.69, 9.17) is 81.6 Å². The molecule has 21 nitrogen and oxygen atoms in total. The van der Waals surface area contributed by atoms with Crippen LogP contribution in [0.2, 0.25) is 5.02 Å². The first kappa shape index (κ1) is 82.9. The second kappa shape index (κ2) is 37.6. The van der Waals surface area contributed by atoms with E-state index in [0.29, 0.717) is 71.7 Å². The molecule has 2 aliphatic heterocycles. The molecule has 0 radical (unpaired) electrons. The Kier molecular flexibility index (Phi) is 32.1. The Morgan fingerprint density at radius 3 is 2.10 bits per heavy atom. The SMILES string of the molecule is C#CC(C)Oc1cc(N2C(=O)C3=C(CCCC3)C2=O)c(F)cc1Cl.CC1COc2ccccc2N1C(=O)C(Cl)Cl.CCc1cccc(C)c1N(C(=O)CCl)C(C)COC.CS(=O)(=O)c1cc(C(F)(F)F)ccc1C(=O)c1cnoc1C1CC1.C[S+](C)C.O=C(O)CNCP(=O)([O-])O. The van der Waals surface area contributed by atoms with Gasteiger partial charge < -0.3 is 48.0 Å². The number of alkyl halides is 6. The summed E-state index contributed by atoms with van der Waals surface area (Å²) < 4.78 is 108. The van der Waals surface area contributed by atoms with Gasteiger partial charge in [0.25, 0.3) is 17.7 Å². The van der Waals surface area contributed by atoms with Crippen molar-refractivity contribution in [2.75, 3.05) is 78.8 Å². The predicted molar refractivity (Wildman–Crippen MR) is 365 cm³/mol.